The molecule has 128 valence electrons. The highest BCUT2D eigenvalue weighted by atomic mass is 16.5. The molecule has 1 aliphatic carbocycles. The summed E-state index contributed by atoms with van der Waals surface area (Å²) >= 11 is 0. The topological polar surface area (TPSA) is 61.8 Å². The number of nitrogens with one attached hydrogen (secondary N) is 1. The second kappa shape index (κ2) is 9.48. The molecule has 0 unspecified atom stereocenters. The van der Waals surface area contributed by atoms with Gasteiger partial charge in [-0.1, -0.05) is 26.2 Å². The molecule has 2 rings (SSSR count). The number of amides is 1. The van der Waals surface area contributed by atoms with Crippen molar-refractivity contribution < 1.29 is 14.6 Å². The second-order valence-electron chi connectivity index (χ2n) is 6.69. The van der Waals surface area contributed by atoms with E-state index in [-0.39, 0.29) is 30.8 Å². The third-order valence-electron chi connectivity index (χ3n) is 4.82. The molecule has 0 aromatic carbocycles. The first-order chi connectivity index (χ1) is 10.7. The molecule has 2 atom stereocenters. The Balaban J connectivity index is 1.78. The van der Waals surface area contributed by atoms with Gasteiger partial charge in [-0.2, -0.15) is 0 Å². The maximum absolute atomic E-state index is 12.4. The Morgan fingerprint density at radius 3 is 2.50 bits per heavy atom. The van der Waals surface area contributed by atoms with Crippen molar-refractivity contribution in [1.82, 2.24) is 10.2 Å². The molecule has 1 aliphatic heterocycles. The van der Waals surface area contributed by atoms with Gasteiger partial charge in [-0.25, -0.2) is 0 Å². The van der Waals surface area contributed by atoms with Crippen LogP contribution < -0.4 is 5.32 Å². The van der Waals surface area contributed by atoms with E-state index in [4.69, 9.17) is 4.74 Å². The minimum atomic E-state index is -0.379. The molecule has 1 saturated heterocycles. The van der Waals surface area contributed by atoms with E-state index in [1.165, 1.54) is 32.1 Å². The van der Waals surface area contributed by atoms with Crippen LogP contribution >= 0.6 is 0 Å². The predicted molar refractivity (Wildman–Crippen MR) is 86.7 cm³/mol. The minimum absolute atomic E-state index is 0.0118. The summed E-state index contributed by atoms with van der Waals surface area (Å²) in [4.78, 5) is 14.7. The maximum Gasteiger partial charge on any atom is 0.249 e. The van der Waals surface area contributed by atoms with Gasteiger partial charge in [0.15, 0.2) is 0 Å². The van der Waals surface area contributed by atoms with Crippen LogP contribution in [0.15, 0.2) is 0 Å². The zero-order valence-corrected chi connectivity index (χ0v) is 13.9. The third-order valence-corrected chi connectivity index (χ3v) is 4.82. The summed E-state index contributed by atoms with van der Waals surface area (Å²) in [5, 5.41) is 12.5. The van der Waals surface area contributed by atoms with E-state index >= 15 is 0 Å². The number of nitrogens with zero attached hydrogens (tertiary/aromatic N) is 1. The molecule has 2 fully saturated rings. The molecule has 0 aromatic rings. The van der Waals surface area contributed by atoms with Gasteiger partial charge in [0.2, 0.25) is 5.91 Å². The van der Waals surface area contributed by atoms with Crippen LogP contribution in [0.3, 0.4) is 0 Å². The van der Waals surface area contributed by atoms with Crippen molar-refractivity contribution in [2.24, 2.45) is 0 Å². The molecule has 22 heavy (non-hydrogen) atoms. The van der Waals surface area contributed by atoms with Crippen LogP contribution in [0, 0.1) is 0 Å². The average Bonchev–Trinajstić information content (AvgIpc) is 3.05. The van der Waals surface area contributed by atoms with Crippen LogP contribution in [0.2, 0.25) is 0 Å². The van der Waals surface area contributed by atoms with Crippen LogP contribution in [0.25, 0.3) is 0 Å². The van der Waals surface area contributed by atoms with Crippen LogP contribution in [0.5, 0.6) is 0 Å². The first kappa shape index (κ1) is 17.7. The summed E-state index contributed by atoms with van der Waals surface area (Å²) in [6.07, 6.45) is 8.81. The number of ether oxygens (including phenoxy) is 1. The van der Waals surface area contributed by atoms with Crippen LogP contribution in [0.1, 0.15) is 58.3 Å². The number of hydrogen-bond donors (Lipinski definition) is 2. The lowest BCUT2D eigenvalue weighted by atomic mass is 9.97. The maximum atomic E-state index is 12.4. The smallest absolute Gasteiger partial charge is 0.249 e. The quantitative estimate of drug-likeness (QED) is 0.716. The highest BCUT2D eigenvalue weighted by Gasteiger charge is 2.26. The third kappa shape index (κ3) is 5.52. The van der Waals surface area contributed by atoms with Gasteiger partial charge in [-0.3, -0.25) is 4.79 Å². The lowest BCUT2D eigenvalue weighted by Crippen LogP contribution is -2.49. The largest absolute Gasteiger partial charge is 0.394 e. The number of rotatable bonds is 8. The number of aliphatic hydroxyl groups excluding tert-OH is 1. The Morgan fingerprint density at radius 1 is 1.23 bits per heavy atom. The van der Waals surface area contributed by atoms with Crippen molar-refractivity contribution in [1.29, 1.82) is 0 Å². The lowest BCUT2D eigenvalue weighted by molar-refractivity contribution is -0.139. The molecule has 0 radical (unpaired) electrons. The molecule has 2 N–H and O–H groups in total. The molecule has 5 nitrogen and oxygen atoms in total. The molecule has 0 aromatic heterocycles. The fourth-order valence-electron chi connectivity index (χ4n) is 3.50. The van der Waals surface area contributed by atoms with Crippen molar-refractivity contribution in [3.05, 3.63) is 0 Å². The number of likely N-dealkylation sites (tertiary alicyclic amines) is 1. The Kier molecular flexibility index (Phi) is 7.63. The standard InChI is InChI=1S/C17H32N2O3/c1-2-16(22-15-8-4-3-5-9-15)17(21)18-14(13-20)12-19-10-6-7-11-19/h14-16,20H,2-13H2,1H3,(H,18,21)/t14-,16-/m0/s1. The Bertz CT molecular complexity index is 326. The van der Waals surface area contributed by atoms with E-state index in [9.17, 15) is 9.90 Å². The summed E-state index contributed by atoms with van der Waals surface area (Å²) in [5.74, 6) is -0.0636. The average molecular weight is 312 g/mol. The summed E-state index contributed by atoms with van der Waals surface area (Å²) in [5.41, 5.74) is 0. The summed E-state index contributed by atoms with van der Waals surface area (Å²) in [6.45, 7) is 4.86. The van der Waals surface area contributed by atoms with Crippen molar-refractivity contribution in [2.75, 3.05) is 26.2 Å². The van der Waals surface area contributed by atoms with Crippen molar-refractivity contribution in [3.8, 4) is 0 Å². The van der Waals surface area contributed by atoms with Gasteiger partial charge < -0.3 is 20.1 Å². The van der Waals surface area contributed by atoms with Gasteiger partial charge >= 0.3 is 0 Å². The van der Waals surface area contributed by atoms with Gasteiger partial charge in [-0.15, -0.1) is 0 Å². The Labute approximate surface area is 134 Å². The lowest BCUT2D eigenvalue weighted by Gasteiger charge is -2.28. The summed E-state index contributed by atoms with van der Waals surface area (Å²) in [6, 6.07) is -0.186. The van der Waals surface area contributed by atoms with E-state index in [2.05, 4.69) is 10.2 Å². The van der Waals surface area contributed by atoms with E-state index in [1.54, 1.807) is 0 Å². The van der Waals surface area contributed by atoms with Crippen molar-refractivity contribution >= 4 is 5.91 Å². The van der Waals surface area contributed by atoms with E-state index in [1.807, 2.05) is 6.92 Å². The van der Waals surface area contributed by atoms with Crippen LogP contribution in [0.4, 0.5) is 0 Å². The van der Waals surface area contributed by atoms with Crippen LogP contribution in [-0.2, 0) is 9.53 Å². The molecular formula is C17H32N2O3. The molecule has 1 heterocycles. The number of hydrogen-bond acceptors (Lipinski definition) is 4. The van der Waals surface area contributed by atoms with Gasteiger partial charge in [0, 0.05) is 6.54 Å². The molecule has 2 aliphatic rings. The zero-order valence-electron chi connectivity index (χ0n) is 13.9. The fourth-order valence-corrected chi connectivity index (χ4v) is 3.50. The van der Waals surface area contributed by atoms with Crippen molar-refractivity contribution in [3.63, 3.8) is 0 Å². The van der Waals surface area contributed by atoms with Crippen LogP contribution in [-0.4, -0.2) is 60.4 Å². The predicted octanol–water partition coefficient (Wildman–Crippen LogP) is 1.69. The number of carbonyl (C=O) groups is 1. The highest BCUT2D eigenvalue weighted by molar-refractivity contribution is 5.81. The summed E-state index contributed by atoms with van der Waals surface area (Å²) < 4.78 is 6.01. The molecule has 1 saturated carbocycles. The van der Waals surface area contributed by atoms with E-state index in [0.717, 1.165) is 32.5 Å². The SMILES string of the molecule is CC[C@H](OC1CCCCC1)C(=O)N[C@H](CO)CN1CCCC1. The first-order valence-electron chi connectivity index (χ1n) is 9.02. The second-order valence-corrected chi connectivity index (χ2v) is 6.69. The molecule has 5 heteroatoms. The highest BCUT2D eigenvalue weighted by Crippen LogP contribution is 2.22. The molecule has 0 spiro atoms. The van der Waals surface area contributed by atoms with Gasteiger partial charge in [0.25, 0.3) is 0 Å². The molecule has 0 bridgehead atoms. The normalized spacial score (nSPS) is 23.4. The number of aliphatic hydroxyl groups is 1. The zero-order chi connectivity index (χ0) is 15.8. The van der Waals surface area contributed by atoms with E-state index < -0.39 is 0 Å². The fraction of sp³-hybridized carbons (Fsp3) is 0.941. The molecular weight excluding hydrogens is 280 g/mol. The monoisotopic (exact) mass is 312 g/mol. The minimum Gasteiger partial charge on any atom is -0.394 e. The van der Waals surface area contributed by atoms with Crippen molar-refractivity contribution in [2.45, 2.75) is 76.5 Å². The molecule has 1 amide bonds. The van der Waals surface area contributed by atoms with Gasteiger partial charge in [0.05, 0.1) is 18.8 Å². The number of carbonyl (C=O) groups excluding carboxylic acids is 1. The summed E-state index contributed by atoms with van der Waals surface area (Å²) in [7, 11) is 0. The van der Waals surface area contributed by atoms with Gasteiger partial charge in [0.1, 0.15) is 6.10 Å². The Hall–Kier alpha value is -0.650. The Morgan fingerprint density at radius 2 is 1.91 bits per heavy atom. The van der Waals surface area contributed by atoms with Gasteiger partial charge in [-0.05, 0) is 45.2 Å². The first-order valence-corrected chi connectivity index (χ1v) is 9.02. The van der Waals surface area contributed by atoms with E-state index in [0.29, 0.717) is 6.42 Å².